The van der Waals surface area contributed by atoms with Crippen molar-refractivity contribution < 1.29 is 24.6 Å². The molecule has 1 saturated heterocycles. The molecule has 3 aromatic rings. The number of hydrogen-bond acceptors (Lipinski definition) is 5. The molecule has 2 N–H and O–H groups in total. The summed E-state index contributed by atoms with van der Waals surface area (Å²) in [7, 11) is 0. The Labute approximate surface area is 179 Å². The third-order valence-electron chi connectivity index (χ3n) is 5.04. The monoisotopic (exact) mass is 421 g/mol. The number of carbonyl (C=O) groups is 3. The third kappa shape index (κ3) is 5.86. The molecule has 2 aromatic carbocycles. The van der Waals surface area contributed by atoms with Gasteiger partial charge in [0.1, 0.15) is 0 Å². The van der Waals surface area contributed by atoms with Crippen molar-refractivity contribution in [2.24, 2.45) is 0 Å². The van der Waals surface area contributed by atoms with Gasteiger partial charge in [0.15, 0.2) is 0 Å². The summed E-state index contributed by atoms with van der Waals surface area (Å²) in [6.45, 7) is 4.27. The van der Waals surface area contributed by atoms with Gasteiger partial charge in [0.25, 0.3) is 5.91 Å². The Hall–Kier alpha value is -3.78. The normalized spacial score (nSPS) is 13.9. The van der Waals surface area contributed by atoms with E-state index in [0.29, 0.717) is 0 Å². The highest BCUT2D eigenvalue weighted by atomic mass is 16.4. The van der Waals surface area contributed by atoms with Gasteiger partial charge in [-0.3, -0.25) is 14.7 Å². The van der Waals surface area contributed by atoms with E-state index in [9.17, 15) is 4.79 Å². The van der Waals surface area contributed by atoms with Crippen molar-refractivity contribution in [3.63, 3.8) is 0 Å². The van der Waals surface area contributed by atoms with Crippen LogP contribution in [0.1, 0.15) is 15.9 Å². The summed E-state index contributed by atoms with van der Waals surface area (Å²) in [4.78, 5) is 39.1. The summed E-state index contributed by atoms with van der Waals surface area (Å²) in [6.07, 6.45) is 3.34. The van der Waals surface area contributed by atoms with Crippen molar-refractivity contribution in [3.8, 4) is 0 Å². The summed E-state index contributed by atoms with van der Waals surface area (Å²) in [6, 6.07) is 18.6. The largest absolute Gasteiger partial charge is 0.473 e. The number of fused-ring (bicyclic) bond motifs is 1. The van der Waals surface area contributed by atoms with E-state index >= 15 is 0 Å². The minimum Gasteiger partial charge on any atom is -0.473 e. The second-order valence-electron chi connectivity index (χ2n) is 7.05. The average Bonchev–Trinajstić information content (AvgIpc) is 2.80. The van der Waals surface area contributed by atoms with Gasteiger partial charge in [-0.2, -0.15) is 0 Å². The Kier molecular flexibility index (Phi) is 7.29. The molecule has 8 nitrogen and oxygen atoms in total. The zero-order chi connectivity index (χ0) is 22.2. The number of hydrogen-bond donors (Lipinski definition) is 2. The number of aromatic nitrogens is 1. The fourth-order valence-corrected chi connectivity index (χ4v) is 3.46. The first-order valence-corrected chi connectivity index (χ1v) is 9.80. The number of carbonyl (C=O) groups excluding carboxylic acids is 1. The SMILES string of the molecule is O=C(O)C(=O)O.O=C(c1ccncc1)N1CCN(Cc2cccc3ccccc23)CC1. The lowest BCUT2D eigenvalue weighted by atomic mass is 10.0. The van der Waals surface area contributed by atoms with Crippen LogP contribution >= 0.6 is 0 Å². The molecule has 0 aliphatic carbocycles. The van der Waals surface area contributed by atoms with Gasteiger partial charge < -0.3 is 15.1 Å². The second kappa shape index (κ2) is 10.3. The van der Waals surface area contributed by atoms with Crippen LogP contribution in [0.5, 0.6) is 0 Å². The van der Waals surface area contributed by atoms with Crippen molar-refractivity contribution in [2.75, 3.05) is 26.2 Å². The van der Waals surface area contributed by atoms with E-state index in [0.717, 1.165) is 38.3 Å². The molecule has 8 heteroatoms. The van der Waals surface area contributed by atoms with Crippen LogP contribution < -0.4 is 0 Å². The van der Waals surface area contributed by atoms with Crippen LogP contribution in [-0.4, -0.2) is 69.0 Å². The number of rotatable bonds is 3. The molecule has 0 spiro atoms. The van der Waals surface area contributed by atoms with Gasteiger partial charge in [0, 0.05) is 50.7 Å². The van der Waals surface area contributed by atoms with Crippen LogP contribution in [0, 0.1) is 0 Å². The van der Waals surface area contributed by atoms with Crippen LogP contribution in [0.25, 0.3) is 10.8 Å². The second-order valence-corrected chi connectivity index (χ2v) is 7.05. The topological polar surface area (TPSA) is 111 Å². The van der Waals surface area contributed by atoms with Crippen LogP contribution in [0.3, 0.4) is 0 Å². The molecule has 0 saturated carbocycles. The molecule has 0 bridgehead atoms. The summed E-state index contributed by atoms with van der Waals surface area (Å²) in [5, 5.41) is 17.4. The van der Waals surface area contributed by atoms with Crippen LogP contribution in [-0.2, 0) is 16.1 Å². The van der Waals surface area contributed by atoms with Gasteiger partial charge in [-0.05, 0) is 28.5 Å². The number of nitrogens with zero attached hydrogens (tertiary/aromatic N) is 3. The van der Waals surface area contributed by atoms with Crippen molar-refractivity contribution >= 4 is 28.6 Å². The van der Waals surface area contributed by atoms with Crippen molar-refractivity contribution in [1.29, 1.82) is 0 Å². The fraction of sp³-hybridized carbons (Fsp3) is 0.217. The number of amides is 1. The molecular weight excluding hydrogens is 398 g/mol. The molecular formula is C23H23N3O5. The highest BCUT2D eigenvalue weighted by Crippen LogP contribution is 2.20. The van der Waals surface area contributed by atoms with Crippen molar-refractivity contribution in [2.45, 2.75) is 6.54 Å². The standard InChI is InChI=1S/C21H21N3O.C2H2O4/c25-21(18-8-10-22-11-9-18)24-14-12-23(13-15-24)16-19-6-3-5-17-4-1-2-7-20(17)19;3-1(4)2(5)6/h1-11H,12-16H2;(H,3,4)(H,5,6). The van der Waals surface area contributed by atoms with Gasteiger partial charge >= 0.3 is 11.9 Å². The molecule has 0 atom stereocenters. The highest BCUT2D eigenvalue weighted by molar-refractivity contribution is 6.27. The molecule has 1 aliphatic heterocycles. The number of benzene rings is 2. The average molecular weight is 421 g/mol. The Morgan fingerprint density at radius 2 is 1.42 bits per heavy atom. The number of piperazine rings is 1. The Balaban J connectivity index is 0.000000401. The van der Waals surface area contributed by atoms with E-state index in [1.807, 2.05) is 4.90 Å². The van der Waals surface area contributed by atoms with E-state index < -0.39 is 11.9 Å². The summed E-state index contributed by atoms with van der Waals surface area (Å²) < 4.78 is 0. The van der Waals surface area contributed by atoms with E-state index in [1.54, 1.807) is 24.5 Å². The molecule has 160 valence electrons. The maximum absolute atomic E-state index is 12.5. The lowest BCUT2D eigenvalue weighted by Crippen LogP contribution is -2.48. The van der Waals surface area contributed by atoms with E-state index in [4.69, 9.17) is 19.8 Å². The summed E-state index contributed by atoms with van der Waals surface area (Å²) in [5.41, 5.74) is 2.07. The predicted octanol–water partition coefficient (Wildman–Crippen LogP) is 2.35. The zero-order valence-corrected chi connectivity index (χ0v) is 16.8. The summed E-state index contributed by atoms with van der Waals surface area (Å²) >= 11 is 0. The lowest BCUT2D eigenvalue weighted by molar-refractivity contribution is -0.159. The molecule has 2 heterocycles. The Bertz CT molecular complexity index is 1050. The molecule has 1 aromatic heterocycles. The first-order chi connectivity index (χ1) is 15.0. The molecule has 4 rings (SSSR count). The van der Waals surface area contributed by atoms with Gasteiger partial charge in [-0.1, -0.05) is 42.5 Å². The number of carboxylic acid groups (broad SMARTS) is 2. The van der Waals surface area contributed by atoms with E-state index in [-0.39, 0.29) is 5.91 Å². The number of carboxylic acids is 2. The molecule has 0 radical (unpaired) electrons. The third-order valence-corrected chi connectivity index (χ3v) is 5.04. The Morgan fingerprint density at radius 3 is 2.06 bits per heavy atom. The molecule has 31 heavy (non-hydrogen) atoms. The zero-order valence-electron chi connectivity index (χ0n) is 16.8. The maximum Gasteiger partial charge on any atom is 0.414 e. The quantitative estimate of drug-likeness (QED) is 0.625. The molecule has 1 amide bonds. The first-order valence-electron chi connectivity index (χ1n) is 9.80. The van der Waals surface area contributed by atoms with Crippen LogP contribution in [0.2, 0.25) is 0 Å². The van der Waals surface area contributed by atoms with Gasteiger partial charge in [0.05, 0.1) is 0 Å². The van der Waals surface area contributed by atoms with Crippen molar-refractivity contribution in [3.05, 3.63) is 78.1 Å². The van der Waals surface area contributed by atoms with Crippen LogP contribution in [0.4, 0.5) is 0 Å². The van der Waals surface area contributed by atoms with Crippen molar-refractivity contribution in [1.82, 2.24) is 14.8 Å². The summed E-state index contributed by atoms with van der Waals surface area (Å²) in [5.74, 6) is -3.54. The molecule has 1 aliphatic rings. The predicted molar refractivity (Wildman–Crippen MR) is 115 cm³/mol. The van der Waals surface area contributed by atoms with Gasteiger partial charge in [0.2, 0.25) is 0 Å². The first kappa shape index (κ1) is 21.9. The minimum atomic E-state index is -1.82. The Morgan fingerprint density at radius 1 is 0.806 bits per heavy atom. The van der Waals surface area contributed by atoms with E-state index in [1.165, 1.54) is 16.3 Å². The maximum atomic E-state index is 12.5. The van der Waals surface area contributed by atoms with Gasteiger partial charge in [-0.25, -0.2) is 9.59 Å². The van der Waals surface area contributed by atoms with Gasteiger partial charge in [-0.15, -0.1) is 0 Å². The number of pyridine rings is 1. The van der Waals surface area contributed by atoms with E-state index in [2.05, 4.69) is 52.3 Å². The smallest absolute Gasteiger partial charge is 0.414 e. The highest BCUT2D eigenvalue weighted by Gasteiger charge is 2.22. The lowest BCUT2D eigenvalue weighted by Gasteiger charge is -2.35. The molecule has 0 unspecified atom stereocenters. The number of aliphatic carboxylic acids is 2. The molecule has 1 fully saturated rings. The minimum absolute atomic E-state index is 0.104. The fourth-order valence-electron chi connectivity index (χ4n) is 3.46. The van der Waals surface area contributed by atoms with Crippen LogP contribution in [0.15, 0.2) is 67.0 Å².